The van der Waals surface area contributed by atoms with Gasteiger partial charge in [-0.2, -0.15) is 0 Å². The number of rotatable bonds is 7. The van der Waals surface area contributed by atoms with E-state index in [2.05, 4.69) is 15.6 Å². The van der Waals surface area contributed by atoms with E-state index in [4.69, 9.17) is 4.74 Å². The standard InChI is InChI=1S/C20H27N3O3S/c1-5-6-12-15(22-19(25)26-20(2,3)4)17(24)23-18-21-16(13-27-18)14-10-8-7-9-11-14/h7-11,13,15H,5-6,12H2,1-4H3,(H,22,25)(H,21,23,24)/t15-/m0/s1. The van der Waals surface area contributed by atoms with Crippen LogP contribution in [0.5, 0.6) is 0 Å². The van der Waals surface area contributed by atoms with E-state index in [0.29, 0.717) is 11.6 Å². The second-order valence-corrected chi connectivity index (χ2v) is 8.09. The molecule has 2 rings (SSSR count). The molecule has 2 N–H and O–H groups in total. The molecule has 0 saturated carbocycles. The molecule has 0 aliphatic rings. The third kappa shape index (κ3) is 7.02. The molecule has 0 aliphatic carbocycles. The number of amides is 2. The molecule has 1 aromatic carbocycles. The van der Waals surface area contributed by atoms with Crippen molar-refractivity contribution in [2.45, 2.75) is 58.6 Å². The summed E-state index contributed by atoms with van der Waals surface area (Å²) in [6.45, 7) is 7.40. The maximum atomic E-state index is 12.7. The van der Waals surface area contributed by atoms with Gasteiger partial charge in [-0.15, -0.1) is 11.3 Å². The molecule has 7 heteroatoms. The Morgan fingerprint density at radius 1 is 1.22 bits per heavy atom. The number of ether oxygens (including phenoxy) is 1. The molecule has 0 aliphatic heterocycles. The molecule has 2 aromatic rings. The van der Waals surface area contributed by atoms with Gasteiger partial charge in [-0.1, -0.05) is 50.1 Å². The van der Waals surface area contributed by atoms with Gasteiger partial charge in [0.05, 0.1) is 5.69 Å². The Kier molecular flexibility index (Phi) is 7.36. The molecule has 1 atom stereocenters. The Hall–Kier alpha value is -2.41. The van der Waals surface area contributed by atoms with E-state index in [1.807, 2.05) is 42.6 Å². The van der Waals surface area contributed by atoms with Gasteiger partial charge in [0.15, 0.2) is 5.13 Å². The van der Waals surface area contributed by atoms with Crippen LogP contribution in [-0.4, -0.2) is 28.6 Å². The number of unbranched alkanes of at least 4 members (excludes halogenated alkanes) is 1. The first-order chi connectivity index (χ1) is 12.8. The fourth-order valence-electron chi connectivity index (χ4n) is 2.39. The van der Waals surface area contributed by atoms with Crippen LogP contribution < -0.4 is 10.6 Å². The number of anilines is 1. The van der Waals surface area contributed by atoms with E-state index >= 15 is 0 Å². The van der Waals surface area contributed by atoms with Crippen LogP contribution in [-0.2, 0) is 9.53 Å². The first kappa shape index (κ1) is 20.9. The molecule has 6 nitrogen and oxygen atoms in total. The monoisotopic (exact) mass is 389 g/mol. The van der Waals surface area contributed by atoms with E-state index in [-0.39, 0.29) is 5.91 Å². The summed E-state index contributed by atoms with van der Waals surface area (Å²) in [6, 6.07) is 9.10. The fourth-order valence-corrected chi connectivity index (χ4v) is 3.11. The average Bonchev–Trinajstić information content (AvgIpc) is 3.06. The number of benzene rings is 1. The first-order valence-electron chi connectivity index (χ1n) is 9.10. The number of aromatic nitrogens is 1. The van der Waals surface area contributed by atoms with Crippen LogP contribution in [0.25, 0.3) is 11.3 Å². The Morgan fingerprint density at radius 3 is 2.56 bits per heavy atom. The third-order valence-corrected chi connectivity index (χ3v) is 4.42. The van der Waals surface area contributed by atoms with Crippen molar-refractivity contribution in [2.75, 3.05) is 5.32 Å². The summed E-state index contributed by atoms with van der Waals surface area (Å²) in [5.41, 5.74) is 1.18. The molecule has 146 valence electrons. The maximum Gasteiger partial charge on any atom is 0.408 e. The third-order valence-electron chi connectivity index (χ3n) is 3.66. The minimum absolute atomic E-state index is 0.289. The molecular formula is C20H27N3O3S. The fraction of sp³-hybridized carbons (Fsp3) is 0.450. The number of nitrogens with one attached hydrogen (secondary N) is 2. The summed E-state index contributed by atoms with van der Waals surface area (Å²) >= 11 is 1.36. The van der Waals surface area contributed by atoms with E-state index < -0.39 is 17.7 Å². The lowest BCUT2D eigenvalue weighted by Gasteiger charge is -2.23. The molecule has 0 bridgehead atoms. The van der Waals surface area contributed by atoms with Gasteiger partial charge >= 0.3 is 6.09 Å². The number of alkyl carbamates (subject to hydrolysis) is 1. The summed E-state index contributed by atoms with van der Waals surface area (Å²) < 4.78 is 5.27. The van der Waals surface area contributed by atoms with E-state index in [0.717, 1.165) is 24.1 Å². The highest BCUT2D eigenvalue weighted by Crippen LogP contribution is 2.24. The molecule has 0 saturated heterocycles. The molecule has 2 amide bonds. The Labute approximate surface area is 164 Å². The van der Waals surface area contributed by atoms with Crippen molar-refractivity contribution in [3.8, 4) is 11.3 Å². The molecule has 27 heavy (non-hydrogen) atoms. The molecule has 1 aromatic heterocycles. The SMILES string of the molecule is CCCC[C@H](NC(=O)OC(C)(C)C)C(=O)Nc1nc(-c2ccccc2)cs1. The van der Waals surface area contributed by atoms with Gasteiger partial charge < -0.3 is 15.4 Å². The predicted molar refractivity (Wildman–Crippen MR) is 109 cm³/mol. The first-order valence-corrected chi connectivity index (χ1v) is 9.98. The number of hydrogen-bond acceptors (Lipinski definition) is 5. The minimum atomic E-state index is -0.663. The number of carbonyl (C=O) groups excluding carboxylic acids is 2. The van der Waals surface area contributed by atoms with Gasteiger partial charge in [0.2, 0.25) is 5.91 Å². The zero-order valence-corrected chi connectivity index (χ0v) is 17.1. The molecule has 0 radical (unpaired) electrons. The zero-order valence-electron chi connectivity index (χ0n) is 16.2. The van der Waals surface area contributed by atoms with Crippen LogP contribution in [0.3, 0.4) is 0 Å². The summed E-state index contributed by atoms with van der Waals surface area (Å²) in [5.74, 6) is -0.289. The van der Waals surface area contributed by atoms with Crippen molar-refractivity contribution in [3.63, 3.8) is 0 Å². The Balaban J connectivity index is 2.02. The average molecular weight is 390 g/mol. The number of thiazole rings is 1. The maximum absolute atomic E-state index is 12.7. The van der Waals surface area contributed by atoms with Crippen LogP contribution >= 0.6 is 11.3 Å². The second-order valence-electron chi connectivity index (χ2n) is 7.23. The Morgan fingerprint density at radius 2 is 1.93 bits per heavy atom. The largest absolute Gasteiger partial charge is 0.444 e. The van der Waals surface area contributed by atoms with Gasteiger partial charge in [-0.25, -0.2) is 9.78 Å². The number of nitrogens with zero attached hydrogens (tertiary/aromatic N) is 1. The van der Waals surface area contributed by atoms with Crippen molar-refractivity contribution >= 4 is 28.5 Å². The van der Waals surface area contributed by atoms with Crippen molar-refractivity contribution < 1.29 is 14.3 Å². The van der Waals surface area contributed by atoms with Gasteiger partial charge in [0.25, 0.3) is 0 Å². The molecule has 1 heterocycles. The summed E-state index contributed by atoms with van der Waals surface area (Å²) in [6.07, 6.45) is 1.69. The Bertz CT molecular complexity index is 753. The molecule has 0 fully saturated rings. The van der Waals surface area contributed by atoms with Crippen LogP contribution in [0, 0.1) is 0 Å². The normalized spacial score (nSPS) is 12.3. The van der Waals surface area contributed by atoms with Crippen molar-refractivity contribution in [1.82, 2.24) is 10.3 Å². The summed E-state index contributed by atoms with van der Waals surface area (Å²) in [7, 11) is 0. The van der Waals surface area contributed by atoms with Gasteiger partial charge in [0, 0.05) is 10.9 Å². The van der Waals surface area contributed by atoms with E-state index in [9.17, 15) is 9.59 Å². The van der Waals surface area contributed by atoms with Crippen LogP contribution in [0.15, 0.2) is 35.7 Å². The van der Waals surface area contributed by atoms with E-state index in [1.165, 1.54) is 11.3 Å². The topological polar surface area (TPSA) is 80.3 Å². The van der Waals surface area contributed by atoms with Gasteiger partial charge in [0.1, 0.15) is 11.6 Å². The number of carbonyl (C=O) groups is 2. The predicted octanol–water partition coefficient (Wildman–Crippen LogP) is 4.83. The van der Waals surface area contributed by atoms with Crippen molar-refractivity contribution in [2.24, 2.45) is 0 Å². The van der Waals surface area contributed by atoms with Gasteiger partial charge in [-0.3, -0.25) is 4.79 Å². The highest BCUT2D eigenvalue weighted by Gasteiger charge is 2.24. The highest BCUT2D eigenvalue weighted by atomic mass is 32.1. The molecule has 0 spiro atoms. The highest BCUT2D eigenvalue weighted by molar-refractivity contribution is 7.14. The lowest BCUT2D eigenvalue weighted by Crippen LogP contribution is -2.45. The summed E-state index contributed by atoms with van der Waals surface area (Å²) in [4.78, 5) is 29.2. The number of hydrogen-bond donors (Lipinski definition) is 2. The molecule has 0 unspecified atom stereocenters. The van der Waals surface area contributed by atoms with Crippen molar-refractivity contribution in [1.29, 1.82) is 0 Å². The van der Waals surface area contributed by atoms with Gasteiger partial charge in [-0.05, 0) is 27.2 Å². The second kappa shape index (κ2) is 9.50. The zero-order chi connectivity index (χ0) is 19.9. The smallest absolute Gasteiger partial charge is 0.408 e. The van der Waals surface area contributed by atoms with Crippen LogP contribution in [0.1, 0.15) is 47.0 Å². The summed E-state index contributed by atoms with van der Waals surface area (Å²) in [5, 5.41) is 7.88. The lowest BCUT2D eigenvalue weighted by molar-refractivity contribution is -0.118. The quantitative estimate of drug-likeness (QED) is 0.710. The lowest BCUT2D eigenvalue weighted by atomic mass is 10.1. The van der Waals surface area contributed by atoms with Crippen LogP contribution in [0.4, 0.5) is 9.93 Å². The minimum Gasteiger partial charge on any atom is -0.444 e. The van der Waals surface area contributed by atoms with E-state index in [1.54, 1.807) is 20.8 Å². The molecular weight excluding hydrogens is 362 g/mol. The van der Waals surface area contributed by atoms with Crippen molar-refractivity contribution in [3.05, 3.63) is 35.7 Å². The van der Waals surface area contributed by atoms with Crippen LogP contribution in [0.2, 0.25) is 0 Å².